The smallest absolute Gasteiger partial charge is 0.189 e. The normalized spacial score (nSPS) is 11.2. The predicted octanol–water partition coefficient (Wildman–Crippen LogP) is 5.68. The van der Waals surface area contributed by atoms with Gasteiger partial charge in [-0.15, -0.1) is 46.2 Å². The molecule has 0 bridgehead atoms. The van der Waals surface area contributed by atoms with Crippen molar-refractivity contribution in [2.24, 2.45) is 0 Å². The summed E-state index contributed by atoms with van der Waals surface area (Å²) >= 11 is 6.55. The molecule has 4 aromatic rings. The fourth-order valence-electron chi connectivity index (χ4n) is 2.45. The lowest BCUT2D eigenvalue weighted by Crippen LogP contribution is -1.98. The van der Waals surface area contributed by atoms with Crippen LogP contribution in [0.1, 0.15) is 0 Å². The second-order valence-electron chi connectivity index (χ2n) is 5.26. The molecule has 0 aliphatic rings. The molecule has 0 unspecified atom stereocenters. The zero-order valence-corrected chi connectivity index (χ0v) is 16.2. The highest BCUT2D eigenvalue weighted by Crippen LogP contribution is 2.34. The van der Waals surface area contributed by atoms with Gasteiger partial charge in [-0.2, -0.15) is 0 Å². The minimum absolute atomic E-state index is 0.0669. The van der Waals surface area contributed by atoms with Gasteiger partial charge in [0.05, 0.1) is 13.5 Å². The Bertz CT molecular complexity index is 1080. The van der Waals surface area contributed by atoms with Crippen LogP contribution in [0.4, 0.5) is 0 Å². The lowest BCUT2D eigenvalue weighted by Gasteiger charge is -2.03. The van der Waals surface area contributed by atoms with Gasteiger partial charge in [-0.3, -0.25) is 9.59 Å². The highest BCUT2D eigenvalue weighted by Gasteiger charge is 2.06. The number of hydrogen-bond donors (Lipinski definition) is 0. The maximum absolute atomic E-state index is 12.2. The molecule has 124 valence electrons. The van der Waals surface area contributed by atoms with Crippen LogP contribution >= 0.6 is 46.2 Å². The first-order valence-electron chi connectivity index (χ1n) is 7.52. The maximum atomic E-state index is 12.2. The average Bonchev–Trinajstić information content (AvgIpc) is 2.62. The van der Waals surface area contributed by atoms with E-state index in [0.717, 1.165) is 33.7 Å². The Morgan fingerprint density at radius 3 is 1.60 bits per heavy atom. The third-order valence-corrected chi connectivity index (χ3v) is 8.37. The van der Waals surface area contributed by atoms with E-state index < -0.39 is 0 Å². The van der Waals surface area contributed by atoms with E-state index in [4.69, 9.17) is 0 Å². The molecular weight excluding hydrogens is 388 g/mol. The summed E-state index contributed by atoms with van der Waals surface area (Å²) < 4.78 is 4.03. The molecule has 0 aliphatic heterocycles. The lowest BCUT2D eigenvalue weighted by molar-refractivity contribution is 1.59. The van der Waals surface area contributed by atoms with E-state index in [9.17, 15) is 9.59 Å². The van der Waals surface area contributed by atoms with Crippen molar-refractivity contribution in [3.63, 3.8) is 0 Å². The molecular formula is C19H12O2S4. The van der Waals surface area contributed by atoms with E-state index in [2.05, 4.69) is 0 Å². The number of benzene rings is 2. The molecule has 0 amide bonds. The van der Waals surface area contributed by atoms with Crippen molar-refractivity contribution in [3.05, 3.63) is 81.1 Å². The zero-order chi connectivity index (χ0) is 17.2. The molecule has 0 radical (unpaired) electrons. The van der Waals surface area contributed by atoms with E-state index in [1.165, 1.54) is 0 Å². The van der Waals surface area contributed by atoms with Crippen LogP contribution in [0.3, 0.4) is 0 Å². The summed E-state index contributed by atoms with van der Waals surface area (Å²) in [7, 11) is 0. The number of fused-ring (bicyclic) bond motifs is 2. The Morgan fingerprint density at radius 1 is 0.680 bits per heavy atom. The van der Waals surface area contributed by atoms with Gasteiger partial charge in [0.2, 0.25) is 0 Å². The van der Waals surface area contributed by atoms with Crippen molar-refractivity contribution in [3.8, 4) is 0 Å². The van der Waals surface area contributed by atoms with Crippen LogP contribution in [0.15, 0.2) is 78.7 Å². The van der Waals surface area contributed by atoms with E-state index in [-0.39, 0.29) is 10.9 Å². The van der Waals surface area contributed by atoms with Gasteiger partial charge in [-0.05, 0) is 24.3 Å². The Kier molecular flexibility index (Phi) is 4.94. The Hall–Kier alpha value is -1.60. The molecule has 2 aromatic carbocycles. The SMILES string of the molecule is O=c1cc(SCSc2cc(=O)c3ccccc3s2)sc2ccccc12. The molecule has 2 heterocycles. The Balaban J connectivity index is 1.53. The first-order valence-corrected chi connectivity index (χ1v) is 11.1. The fraction of sp³-hybridized carbons (Fsp3) is 0.0526. The summed E-state index contributed by atoms with van der Waals surface area (Å²) in [6.07, 6.45) is 0. The second kappa shape index (κ2) is 7.33. The molecule has 2 aromatic heterocycles. The molecule has 0 atom stereocenters. The first kappa shape index (κ1) is 16.8. The van der Waals surface area contributed by atoms with Gasteiger partial charge in [-0.25, -0.2) is 0 Å². The summed E-state index contributed by atoms with van der Waals surface area (Å²) in [5, 5.41) is 2.32. The Labute approximate surface area is 160 Å². The van der Waals surface area contributed by atoms with Crippen LogP contribution < -0.4 is 10.9 Å². The topological polar surface area (TPSA) is 34.1 Å². The molecule has 0 saturated carbocycles. The summed E-state index contributed by atoms with van der Waals surface area (Å²) in [5.41, 5.74) is 0.134. The number of rotatable bonds is 4. The Morgan fingerprint density at radius 2 is 1.12 bits per heavy atom. The summed E-state index contributed by atoms with van der Waals surface area (Å²) in [6, 6.07) is 18.8. The quantitative estimate of drug-likeness (QED) is 0.326. The first-order chi connectivity index (χ1) is 12.2. The number of hydrogen-bond acceptors (Lipinski definition) is 6. The third kappa shape index (κ3) is 3.67. The van der Waals surface area contributed by atoms with Gasteiger partial charge < -0.3 is 0 Å². The van der Waals surface area contributed by atoms with Crippen molar-refractivity contribution in [1.82, 2.24) is 0 Å². The highest BCUT2D eigenvalue weighted by molar-refractivity contribution is 8.17. The summed E-state index contributed by atoms with van der Waals surface area (Å²) in [4.78, 5) is 24.3. The molecule has 4 rings (SSSR count). The molecule has 25 heavy (non-hydrogen) atoms. The van der Waals surface area contributed by atoms with Crippen LogP contribution in [-0.4, -0.2) is 5.08 Å². The van der Waals surface area contributed by atoms with Gasteiger partial charge in [-0.1, -0.05) is 24.3 Å². The van der Waals surface area contributed by atoms with Crippen LogP contribution in [0.5, 0.6) is 0 Å². The molecule has 2 nitrogen and oxygen atoms in total. The molecule has 0 saturated heterocycles. The summed E-state index contributed by atoms with van der Waals surface area (Å²) in [6.45, 7) is 0. The van der Waals surface area contributed by atoms with Crippen molar-refractivity contribution in [2.45, 2.75) is 8.42 Å². The monoisotopic (exact) mass is 400 g/mol. The third-order valence-electron chi connectivity index (χ3n) is 3.63. The van der Waals surface area contributed by atoms with Gasteiger partial charge in [0.1, 0.15) is 0 Å². The maximum Gasteiger partial charge on any atom is 0.189 e. The average molecular weight is 401 g/mol. The van der Waals surface area contributed by atoms with Crippen molar-refractivity contribution in [2.75, 3.05) is 5.08 Å². The molecule has 0 aliphatic carbocycles. The van der Waals surface area contributed by atoms with Crippen molar-refractivity contribution >= 4 is 66.4 Å². The summed E-state index contributed by atoms with van der Waals surface area (Å²) in [5.74, 6) is 0. The second-order valence-corrected chi connectivity index (χ2v) is 10.3. The van der Waals surface area contributed by atoms with E-state index in [1.807, 2.05) is 48.5 Å². The lowest BCUT2D eigenvalue weighted by atomic mass is 10.2. The van der Waals surface area contributed by atoms with Crippen molar-refractivity contribution < 1.29 is 0 Å². The van der Waals surface area contributed by atoms with Gasteiger partial charge in [0, 0.05) is 32.3 Å². The van der Waals surface area contributed by atoms with Crippen LogP contribution in [-0.2, 0) is 0 Å². The standard InChI is InChI=1S/C19H12O2S4/c20-14-9-18(24-16-7-3-1-5-12(14)16)22-11-23-19-10-15(21)13-6-2-4-8-17(13)25-19/h1-10H,11H2. The van der Waals surface area contributed by atoms with Crippen LogP contribution in [0.2, 0.25) is 0 Å². The molecule has 6 heteroatoms. The van der Waals surface area contributed by atoms with Crippen LogP contribution in [0, 0.1) is 0 Å². The minimum Gasteiger partial charge on any atom is -0.289 e. The molecule has 0 N–H and O–H groups in total. The van der Waals surface area contributed by atoms with E-state index >= 15 is 0 Å². The van der Waals surface area contributed by atoms with Gasteiger partial charge in [0.25, 0.3) is 0 Å². The van der Waals surface area contributed by atoms with E-state index in [0.29, 0.717) is 0 Å². The zero-order valence-electron chi connectivity index (χ0n) is 12.9. The minimum atomic E-state index is 0.0669. The molecule has 0 fully saturated rings. The fourth-order valence-corrected chi connectivity index (χ4v) is 7.49. The van der Waals surface area contributed by atoms with E-state index in [1.54, 1.807) is 58.3 Å². The van der Waals surface area contributed by atoms with Crippen LogP contribution in [0.25, 0.3) is 20.2 Å². The predicted molar refractivity (Wildman–Crippen MR) is 113 cm³/mol. The van der Waals surface area contributed by atoms with Crippen molar-refractivity contribution in [1.29, 1.82) is 0 Å². The van der Waals surface area contributed by atoms with Gasteiger partial charge >= 0.3 is 0 Å². The highest BCUT2D eigenvalue weighted by atomic mass is 32.2. The molecule has 0 spiro atoms. The van der Waals surface area contributed by atoms with Gasteiger partial charge in [0.15, 0.2) is 10.9 Å². The largest absolute Gasteiger partial charge is 0.289 e. The number of thioether (sulfide) groups is 2.